The van der Waals surface area contributed by atoms with Crippen molar-refractivity contribution in [2.45, 2.75) is 64.3 Å². The summed E-state index contributed by atoms with van der Waals surface area (Å²) in [6.45, 7) is 4.42. The smallest absolute Gasteiger partial charge is 0.408 e. The van der Waals surface area contributed by atoms with E-state index in [1.54, 1.807) is 7.05 Å². The Morgan fingerprint density at radius 1 is 0.902 bits per heavy atom. The Balaban J connectivity index is 1.70. The third kappa shape index (κ3) is 10.4. The minimum absolute atomic E-state index is 0.0758. The van der Waals surface area contributed by atoms with Gasteiger partial charge in [0, 0.05) is 43.2 Å². The lowest BCUT2D eigenvalue weighted by atomic mass is 10.0. The maximum absolute atomic E-state index is 13.5. The van der Waals surface area contributed by atoms with Crippen LogP contribution >= 0.6 is 12.2 Å². The van der Waals surface area contributed by atoms with Gasteiger partial charge in [0.1, 0.15) is 18.7 Å². The number of para-hydroxylation sites is 1. The molecular weight excluding hydrogens is 540 g/mol. The first-order chi connectivity index (χ1) is 19.8. The van der Waals surface area contributed by atoms with Crippen molar-refractivity contribution in [1.82, 2.24) is 31.6 Å². The van der Waals surface area contributed by atoms with E-state index in [0.29, 0.717) is 24.5 Å². The van der Waals surface area contributed by atoms with Crippen molar-refractivity contribution in [2.24, 2.45) is 0 Å². The van der Waals surface area contributed by atoms with Gasteiger partial charge in [-0.1, -0.05) is 48.5 Å². The zero-order chi connectivity index (χ0) is 29.6. The average molecular weight is 581 g/mol. The van der Waals surface area contributed by atoms with E-state index in [4.69, 9.17) is 17.0 Å². The van der Waals surface area contributed by atoms with Gasteiger partial charge in [-0.05, 0) is 62.5 Å². The number of thiocarbonyl (C=S) groups is 1. The summed E-state index contributed by atoms with van der Waals surface area (Å²) in [5.41, 5.74) is 2.69. The Morgan fingerprint density at radius 3 is 2.34 bits per heavy atom. The van der Waals surface area contributed by atoms with Gasteiger partial charge in [-0.3, -0.25) is 9.59 Å². The van der Waals surface area contributed by atoms with Crippen molar-refractivity contribution < 1.29 is 19.1 Å². The summed E-state index contributed by atoms with van der Waals surface area (Å²) in [7, 11) is 1.74. The van der Waals surface area contributed by atoms with Crippen molar-refractivity contribution in [3.8, 4) is 0 Å². The van der Waals surface area contributed by atoms with Gasteiger partial charge in [-0.2, -0.15) is 0 Å². The number of carbonyl (C=O) groups excluding carboxylic acids is 3. The van der Waals surface area contributed by atoms with Crippen molar-refractivity contribution in [3.05, 3.63) is 71.9 Å². The van der Waals surface area contributed by atoms with Crippen LogP contribution in [-0.4, -0.2) is 59.7 Å². The number of H-pyrrole nitrogens is 1. The highest BCUT2D eigenvalue weighted by atomic mass is 32.1. The summed E-state index contributed by atoms with van der Waals surface area (Å²) < 4.78 is 5.37. The summed E-state index contributed by atoms with van der Waals surface area (Å²) in [5, 5.41) is 15.9. The third-order valence-corrected chi connectivity index (χ3v) is 6.76. The molecule has 1 heterocycles. The molecule has 0 aliphatic heterocycles. The molecule has 0 saturated heterocycles. The van der Waals surface area contributed by atoms with Gasteiger partial charge >= 0.3 is 6.09 Å². The molecule has 41 heavy (non-hydrogen) atoms. The summed E-state index contributed by atoms with van der Waals surface area (Å²) in [4.78, 5) is 42.6. The molecule has 3 amide bonds. The van der Waals surface area contributed by atoms with Crippen LogP contribution in [0.4, 0.5) is 4.79 Å². The van der Waals surface area contributed by atoms with Gasteiger partial charge in [-0.25, -0.2) is 4.79 Å². The summed E-state index contributed by atoms with van der Waals surface area (Å²) in [6, 6.07) is 15.2. The molecule has 0 aliphatic rings. The van der Waals surface area contributed by atoms with Crippen LogP contribution in [0.1, 0.15) is 44.2 Å². The molecule has 2 aromatic carbocycles. The van der Waals surface area contributed by atoms with Crippen LogP contribution in [0.25, 0.3) is 10.9 Å². The highest BCUT2D eigenvalue weighted by Crippen LogP contribution is 2.19. The Bertz CT molecular complexity index is 1300. The minimum atomic E-state index is -0.896. The standard InChI is InChI=1S/C30H40N6O4S/c1-20(2)34-28(38)26(17-22-18-33-24-14-8-7-13-23(22)24)35-27(37)25(15-9-10-16-32-29(41)31-3)36-30(39)40-19-21-11-5-4-6-12-21/h4-8,11-14,18,20,25-26,33H,9-10,15-17,19H2,1-3H3,(H,34,38)(H,35,37)(H,36,39)(H2,31,32,41)/t25-,26-/m0/s1. The van der Waals surface area contributed by atoms with Gasteiger partial charge in [0.25, 0.3) is 0 Å². The molecular formula is C30H40N6O4S. The van der Waals surface area contributed by atoms with E-state index < -0.39 is 24.1 Å². The van der Waals surface area contributed by atoms with E-state index in [1.807, 2.05) is 74.6 Å². The summed E-state index contributed by atoms with van der Waals surface area (Å²) >= 11 is 5.10. The first-order valence-corrected chi connectivity index (χ1v) is 14.3. The van der Waals surface area contributed by atoms with Crippen LogP contribution < -0.4 is 26.6 Å². The molecule has 0 spiro atoms. The molecule has 2 atom stereocenters. The number of nitrogens with one attached hydrogen (secondary N) is 6. The number of carbonyl (C=O) groups is 3. The fourth-order valence-electron chi connectivity index (χ4n) is 4.33. The molecule has 11 heteroatoms. The number of hydrogen-bond acceptors (Lipinski definition) is 5. The number of alkyl carbamates (subject to hydrolysis) is 1. The number of aromatic nitrogens is 1. The van der Waals surface area contributed by atoms with E-state index in [9.17, 15) is 14.4 Å². The number of benzene rings is 2. The maximum atomic E-state index is 13.5. The molecule has 3 rings (SSSR count). The van der Waals surface area contributed by atoms with Gasteiger partial charge in [0.05, 0.1) is 0 Å². The molecule has 3 aromatic rings. The highest BCUT2D eigenvalue weighted by molar-refractivity contribution is 7.80. The number of hydrogen-bond donors (Lipinski definition) is 6. The molecule has 0 aliphatic carbocycles. The van der Waals surface area contributed by atoms with Crippen LogP contribution in [0, 0.1) is 0 Å². The molecule has 0 fully saturated rings. The van der Waals surface area contributed by atoms with Crippen molar-refractivity contribution in [3.63, 3.8) is 0 Å². The van der Waals surface area contributed by atoms with Gasteiger partial charge < -0.3 is 36.3 Å². The zero-order valence-electron chi connectivity index (χ0n) is 23.8. The Labute approximate surface area is 246 Å². The first-order valence-electron chi connectivity index (χ1n) is 13.8. The Hall–Kier alpha value is -4.12. The molecule has 1 aromatic heterocycles. The zero-order valence-corrected chi connectivity index (χ0v) is 24.6. The third-order valence-electron chi connectivity index (χ3n) is 6.42. The minimum Gasteiger partial charge on any atom is -0.445 e. The van der Waals surface area contributed by atoms with Crippen LogP contribution in [0.15, 0.2) is 60.8 Å². The first kappa shape index (κ1) is 31.4. The number of rotatable bonds is 14. The van der Waals surface area contributed by atoms with Crippen LogP contribution in [0.3, 0.4) is 0 Å². The van der Waals surface area contributed by atoms with E-state index in [0.717, 1.165) is 28.5 Å². The number of fused-ring (bicyclic) bond motifs is 1. The Kier molecular flexibility index (Phi) is 12.4. The molecule has 220 valence electrons. The largest absolute Gasteiger partial charge is 0.445 e. The van der Waals surface area contributed by atoms with Gasteiger partial charge in [0.15, 0.2) is 5.11 Å². The molecule has 6 N–H and O–H groups in total. The molecule has 0 radical (unpaired) electrons. The molecule has 10 nitrogen and oxygen atoms in total. The predicted molar refractivity (Wildman–Crippen MR) is 164 cm³/mol. The lowest BCUT2D eigenvalue weighted by Crippen LogP contribution is -2.55. The number of unbranched alkanes of at least 4 members (excludes halogenated alkanes) is 1. The quantitative estimate of drug-likeness (QED) is 0.127. The SMILES string of the molecule is CNC(=S)NCCCC[C@H](NC(=O)OCc1ccccc1)C(=O)N[C@@H](Cc1c[nH]c2ccccc12)C(=O)NC(C)C. The van der Waals surface area contributed by atoms with Crippen LogP contribution in [0.5, 0.6) is 0 Å². The monoisotopic (exact) mass is 580 g/mol. The average Bonchev–Trinajstić information content (AvgIpc) is 3.37. The fourth-order valence-corrected chi connectivity index (χ4v) is 4.43. The maximum Gasteiger partial charge on any atom is 0.408 e. The fraction of sp³-hybridized carbons (Fsp3) is 0.400. The van der Waals surface area contributed by atoms with Gasteiger partial charge in [-0.15, -0.1) is 0 Å². The molecule has 0 unspecified atom stereocenters. The Morgan fingerprint density at radius 2 is 1.61 bits per heavy atom. The number of amides is 3. The van der Waals surface area contributed by atoms with Crippen LogP contribution in [0.2, 0.25) is 0 Å². The number of aromatic amines is 1. The van der Waals surface area contributed by atoms with E-state index >= 15 is 0 Å². The van der Waals surface area contributed by atoms with E-state index in [2.05, 4.69) is 31.6 Å². The van der Waals surface area contributed by atoms with Crippen molar-refractivity contribution in [2.75, 3.05) is 13.6 Å². The van der Waals surface area contributed by atoms with E-state index in [-0.39, 0.29) is 25.0 Å². The lowest BCUT2D eigenvalue weighted by Gasteiger charge is -2.24. The normalized spacial score (nSPS) is 12.3. The predicted octanol–water partition coefficient (Wildman–Crippen LogP) is 3.28. The van der Waals surface area contributed by atoms with Crippen molar-refractivity contribution in [1.29, 1.82) is 0 Å². The second-order valence-electron chi connectivity index (χ2n) is 10.0. The van der Waals surface area contributed by atoms with Gasteiger partial charge in [0.2, 0.25) is 11.8 Å². The second-order valence-corrected chi connectivity index (χ2v) is 10.5. The lowest BCUT2D eigenvalue weighted by molar-refractivity contribution is -0.130. The molecule has 0 bridgehead atoms. The second kappa shape index (κ2) is 16.2. The summed E-state index contributed by atoms with van der Waals surface area (Å²) in [5.74, 6) is -0.752. The summed E-state index contributed by atoms with van der Waals surface area (Å²) in [6.07, 6.45) is 3.13. The topological polar surface area (TPSA) is 136 Å². The van der Waals surface area contributed by atoms with E-state index in [1.165, 1.54) is 0 Å². The molecule has 0 saturated carbocycles. The highest BCUT2D eigenvalue weighted by Gasteiger charge is 2.28. The van der Waals surface area contributed by atoms with Crippen molar-refractivity contribution >= 4 is 46.1 Å². The van der Waals surface area contributed by atoms with Crippen LogP contribution in [-0.2, 0) is 27.4 Å². The number of ether oxygens (including phenoxy) is 1.